The Morgan fingerprint density at radius 1 is 1.35 bits per heavy atom. The highest BCUT2D eigenvalue weighted by atomic mass is 32.1. The van der Waals surface area contributed by atoms with Crippen LogP contribution in [0.25, 0.3) is 4.85 Å². The number of carbonyl (C=O) groups excluding carboxylic acids is 1. The molecule has 0 saturated carbocycles. The van der Waals surface area contributed by atoms with Crippen LogP contribution in [0.1, 0.15) is 32.3 Å². The molecule has 1 heterocycles. The Hall–Kier alpha value is -1.97. The van der Waals surface area contributed by atoms with E-state index in [9.17, 15) is 4.79 Å². The van der Waals surface area contributed by atoms with Crippen molar-refractivity contribution in [2.75, 3.05) is 18.1 Å². The van der Waals surface area contributed by atoms with Crippen molar-refractivity contribution in [2.45, 2.75) is 39.2 Å². The lowest BCUT2D eigenvalue weighted by molar-refractivity contribution is -0.123. The fraction of sp³-hybridized carbons (Fsp3) is 0.471. The molecule has 0 unspecified atom stereocenters. The van der Waals surface area contributed by atoms with E-state index in [-0.39, 0.29) is 12.5 Å². The summed E-state index contributed by atoms with van der Waals surface area (Å²) >= 11 is 5.53. The summed E-state index contributed by atoms with van der Waals surface area (Å²) in [5.41, 5.74) is 1.39. The van der Waals surface area contributed by atoms with Crippen molar-refractivity contribution in [2.24, 2.45) is 0 Å². The molecule has 1 aromatic carbocycles. The topological polar surface area (TPSA) is 48.1 Å². The number of rotatable bonds is 5. The Balaban J connectivity index is 2.33. The Bertz CT molecular complexity index is 679. The van der Waals surface area contributed by atoms with Gasteiger partial charge >= 0.3 is 0 Å². The largest absolute Gasteiger partial charge is 0.396 e. The molecule has 1 fully saturated rings. The second-order valence-corrected chi connectivity index (χ2v) is 6.51. The van der Waals surface area contributed by atoms with Gasteiger partial charge in [0.2, 0.25) is 0 Å². The van der Waals surface area contributed by atoms with Gasteiger partial charge in [-0.15, -0.1) is 0 Å². The van der Waals surface area contributed by atoms with Crippen molar-refractivity contribution < 1.29 is 9.90 Å². The van der Waals surface area contributed by atoms with Crippen LogP contribution >= 0.6 is 12.2 Å². The van der Waals surface area contributed by atoms with Crippen LogP contribution in [0.15, 0.2) is 18.2 Å². The highest BCUT2D eigenvalue weighted by molar-refractivity contribution is 7.80. The molecule has 122 valence electrons. The molecule has 0 bridgehead atoms. The zero-order valence-electron chi connectivity index (χ0n) is 13.7. The van der Waals surface area contributed by atoms with Gasteiger partial charge in [0.15, 0.2) is 10.8 Å². The summed E-state index contributed by atoms with van der Waals surface area (Å²) in [5, 5.41) is 9.42. The lowest BCUT2D eigenvalue weighted by Crippen LogP contribution is -2.44. The van der Waals surface area contributed by atoms with E-state index in [1.54, 1.807) is 17.0 Å². The fourth-order valence-corrected chi connectivity index (χ4v) is 3.23. The van der Waals surface area contributed by atoms with E-state index in [2.05, 4.69) is 4.85 Å². The standard InChI is InChI=1S/C17H21N3O2S/c1-12-11-13(7-8-14(12)18-4)20-15(22)17(2,3)19(16(20)23)9-5-6-10-21/h7-8,11,21H,5-6,9-10H2,1-3H3. The van der Waals surface area contributed by atoms with Crippen LogP contribution in [0, 0.1) is 13.5 Å². The quantitative estimate of drug-likeness (QED) is 0.512. The van der Waals surface area contributed by atoms with Gasteiger partial charge < -0.3 is 10.0 Å². The maximum Gasteiger partial charge on any atom is 0.258 e. The fourth-order valence-electron chi connectivity index (χ4n) is 2.72. The van der Waals surface area contributed by atoms with Gasteiger partial charge in [0, 0.05) is 18.8 Å². The molecule has 0 aliphatic carbocycles. The molecule has 1 saturated heterocycles. The number of aryl methyl sites for hydroxylation is 1. The number of nitrogens with zero attached hydrogens (tertiary/aromatic N) is 3. The number of unbranched alkanes of at least 4 members (excludes halogenated alkanes) is 1. The number of carbonyl (C=O) groups is 1. The molecule has 1 aromatic rings. The molecule has 5 nitrogen and oxygen atoms in total. The average molecular weight is 331 g/mol. The number of hydrogen-bond acceptors (Lipinski definition) is 3. The first-order chi connectivity index (χ1) is 10.8. The SMILES string of the molecule is [C-]#[N+]c1ccc(N2C(=O)C(C)(C)N(CCCCO)C2=S)cc1C. The van der Waals surface area contributed by atoms with Crippen molar-refractivity contribution in [1.82, 2.24) is 4.90 Å². The zero-order valence-corrected chi connectivity index (χ0v) is 14.5. The first kappa shape index (κ1) is 17.4. The maximum absolute atomic E-state index is 12.8. The zero-order chi connectivity index (χ0) is 17.2. The Morgan fingerprint density at radius 2 is 2.04 bits per heavy atom. The van der Waals surface area contributed by atoms with Crippen LogP contribution in [-0.4, -0.2) is 39.7 Å². The molecule has 0 atom stereocenters. The van der Waals surface area contributed by atoms with Gasteiger partial charge in [-0.1, -0.05) is 6.07 Å². The number of benzene rings is 1. The summed E-state index contributed by atoms with van der Waals surface area (Å²) in [5.74, 6) is -0.0681. The average Bonchev–Trinajstić information content (AvgIpc) is 2.67. The van der Waals surface area contributed by atoms with Crippen LogP contribution in [0.3, 0.4) is 0 Å². The number of hydrogen-bond donors (Lipinski definition) is 1. The van der Waals surface area contributed by atoms with Crippen molar-refractivity contribution in [3.63, 3.8) is 0 Å². The third-order valence-corrected chi connectivity index (χ3v) is 4.58. The predicted molar refractivity (Wildman–Crippen MR) is 94.6 cm³/mol. The van der Waals surface area contributed by atoms with E-state index in [1.165, 1.54) is 0 Å². The van der Waals surface area contributed by atoms with Gasteiger partial charge in [0.1, 0.15) is 5.54 Å². The molecule has 6 heteroatoms. The van der Waals surface area contributed by atoms with Crippen molar-refractivity contribution in [1.29, 1.82) is 0 Å². The predicted octanol–water partition coefficient (Wildman–Crippen LogP) is 3.03. The molecule has 1 aliphatic rings. The first-order valence-electron chi connectivity index (χ1n) is 7.59. The molecule has 1 aliphatic heterocycles. The van der Waals surface area contributed by atoms with E-state index in [4.69, 9.17) is 23.9 Å². The summed E-state index contributed by atoms with van der Waals surface area (Å²) in [6, 6.07) is 5.30. The molecule has 2 rings (SSSR count). The van der Waals surface area contributed by atoms with Crippen LogP contribution in [0.5, 0.6) is 0 Å². The van der Waals surface area contributed by atoms with Crippen LogP contribution in [0.4, 0.5) is 11.4 Å². The van der Waals surface area contributed by atoms with Crippen molar-refractivity contribution in [3.05, 3.63) is 35.2 Å². The molecular formula is C17H21N3O2S. The third-order valence-electron chi connectivity index (χ3n) is 4.17. The summed E-state index contributed by atoms with van der Waals surface area (Å²) in [7, 11) is 0. The van der Waals surface area contributed by atoms with E-state index in [0.29, 0.717) is 29.5 Å². The summed E-state index contributed by atoms with van der Waals surface area (Å²) < 4.78 is 0. The Morgan fingerprint density at radius 3 is 2.61 bits per heavy atom. The molecule has 0 radical (unpaired) electrons. The molecule has 1 N–H and O–H groups in total. The number of thiocarbonyl (C=S) groups is 1. The second-order valence-electron chi connectivity index (χ2n) is 6.15. The molecular weight excluding hydrogens is 310 g/mol. The van der Waals surface area contributed by atoms with Crippen LogP contribution < -0.4 is 4.90 Å². The van der Waals surface area contributed by atoms with Gasteiger partial charge in [0.25, 0.3) is 5.91 Å². The Labute approximate surface area is 142 Å². The highest BCUT2D eigenvalue weighted by Crippen LogP contribution is 2.34. The number of anilines is 1. The smallest absolute Gasteiger partial charge is 0.258 e. The lowest BCUT2D eigenvalue weighted by atomic mass is 10.0. The van der Waals surface area contributed by atoms with Crippen molar-refractivity contribution in [3.8, 4) is 0 Å². The van der Waals surface area contributed by atoms with E-state index in [0.717, 1.165) is 12.0 Å². The summed E-state index contributed by atoms with van der Waals surface area (Å²) in [6.07, 6.45) is 1.46. The number of amides is 1. The van der Waals surface area contributed by atoms with Gasteiger partial charge in [-0.2, -0.15) is 0 Å². The minimum atomic E-state index is -0.709. The summed E-state index contributed by atoms with van der Waals surface area (Å²) in [4.78, 5) is 19.7. The minimum Gasteiger partial charge on any atom is -0.396 e. The van der Waals surface area contributed by atoms with Crippen LogP contribution in [-0.2, 0) is 4.79 Å². The lowest BCUT2D eigenvalue weighted by Gasteiger charge is -2.29. The van der Waals surface area contributed by atoms with Gasteiger partial charge in [-0.3, -0.25) is 9.69 Å². The van der Waals surface area contributed by atoms with Crippen LogP contribution in [0.2, 0.25) is 0 Å². The minimum absolute atomic E-state index is 0.0681. The highest BCUT2D eigenvalue weighted by Gasteiger charge is 2.49. The van der Waals surface area contributed by atoms with Gasteiger partial charge in [-0.05, 0) is 63.5 Å². The molecule has 1 amide bonds. The third kappa shape index (κ3) is 3.07. The Kier molecular flexibility index (Phi) is 5.03. The van der Waals surface area contributed by atoms with E-state index in [1.807, 2.05) is 31.7 Å². The normalized spacial score (nSPS) is 16.8. The molecule has 0 aromatic heterocycles. The summed E-state index contributed by atoms with van der Waals surface area (Å²) in [6.45, 7) is 13.5. The molecule has 23 heavy (non-hydrogen) atoms. The first-order valence-corrected chi connectivity index (χ1v) is 8.00. The van der Waals surface area contributed by atoms with E-state index >= 15 is 0 Å². The number of aliphatic hydroxyl groups excluding tert-OH is 1. The maximum atomic E-state index is 12.8. The monoisotopic (exact) mass is 331 g/mol. The van der Waals surface area contributed by atoms with E-state index < -0.39 is 5.54 Å². The van der Waals surface area contributed by atoms with Gasteiger partial charge in [0.05, 0.1) is 6.57 Å². The number of aliphatic hydroxyl groups is 1. The second kappa shape index (κ2) is 6.65. The van der Waals surface area contributed by atoms with Crippen molar-refractivity contribution >= 4 is 34.6 Å². The van der Waals surface area contributed by atoms with Gasteiger partial charge in [-0.25, -0.2) is 4.85 Å². The molecule has 0 spiro atoms.